The summed E-state index contributed by atoms with van der Waals surface area (Å²) in [7, 11) is 1.66. The fourth-order valence-electron chi connectivity index (χ4n) is 4.18. The number of imide groups is 1. The van der Waals surface area contributed by atoms with Crippen LogP contribution in [0.1, 0.15) is 12.5 Å². The van der Waals surface area contributed by atoms with Crippen LogP contribution in [0, 0.1) is 5.82 Å². The lowest BCUT2D eigenvalue weighted by atomic mass is 10.1. The van der Waals surface area contributed by atoms with Gasteiger partial charge in [-0.2, -0.15) is 0 Å². The van der Waals surface area contributed by atoms with Crippen molar-refractivity contribution >= 4 is 29.3 Å². The molecule has 2 atom stereocenters. The molecule has 0 spiro atoms. The lowest BCUT2D eigenvalue weighted by Crippen LogP contribution is -2.64. The minimum Gasteiger partial charge on any atom is -0.302 e. The maximum atomic E-state index is 13.6. The Bertz CT molecular complexity index is 1080. The fourth-order valence-corrected chi connectivity index (χ4v) is 4.18. The van der Waals surface area contributed by atoms with Gasteiger partial charge in [-0.1, -0.05) is 30.3 Å². The quantitative estimate of drug-likeness (QED) is 0.788. The molecule has 2 aromatic rings. The molecule has 0 aliphatic carbocycles. The molecule has 8 heteroatoms. The van der Waals surface area contributed by atoms with Gasteiger partial charge in [-0.3, -0.25) is 19.5 Å². The maximum Gasteiger partial charge on any atom is 0.328 e. The van der Waals surface area contributed by atoms with Crippen molar-refractivity contribution in [1.82, 2.24) is 14.7 Å². The number of amides is 3. The van der Waals surface area contributed by atoms with Crippen molar-refractivity contribution in [1.29, 1.82) is 0 Å². The number of anilines is 1. The van der Waals surface area contributed by atoms with Gasteiger partial charge in [-0.05, 0) is 31.2 Å². The molecule has 7 nitrogen and oxygen atoms in total. The minimum absolute atomic E-state index is 0.269. The van der Waals surface area contributed by atoms with E-state index in [4.69, 9.17) is 4.99 Å². The number of carbonyl (C=O) groups excluding carboxylic acids is 2. The number of likely N-dealkylation sites (N-methyl/N-ethyl adjacent to an activating group) is 2. The summed E-state index contributed by atoms with van der Waals surface area (Å²) in [5.41, 5.74) is 2.49. The van der Waals surface area contributed by atoms with Crippen molar-refractivity contribution in [2.24, 2.45) is 4.99 Å². The van der Waals surface area contributed by atoms with Crippen molar-refractivity contribution in [3.63, 3.8) is 0 Å². The Labute approximate surface area is 173 Å². The molecule has 30 heavy (non-hydrogen) atoms. The Morgan fingerprint density at radius 2 is 1.73 bits per heavy atom. The minimum atomic E-state index is -0.633. The number of carbonyl (C=O) groups is 2. The Balaban J connectivity index is 1.64. The zero-order valence-corrected chi connectivity index (χ0v) is 16.6. The van der Waals surface area contributed by atoms with E-state index in [9.17, 15) is 14.0 Å². The van der Waals surface area contributed by atoms with Crippen LogP contribution in [-0.2, 0) is 4.79 Å². The highest BCUT2D eigenvalue weighted by Crippen LogP contribution is 2.39. The number of urea groups is 1. The van der Waals surface area contributed by atoms with Gasteiger partial charge in [-0.25, -0.2) is 14.2 Å². The number of benzene rings is 2. The third-order valence-electron chi connectivity index (χ3n) is 5.68. The average Bonchev–Trinajstić information content (AvgIpc) is 3.30. The van der Waals surface area contributed by atoms with E-state index in [1.807, 2.05) is 46.3 Å². The molecule has 5 rings (SSSR count). The monoisotopic (exact) mass is 405 g/mol. The van der Waals surface area contributed by atoms with E-state index in [-0.39, 0.29) is 17.8 Å². The third kappa shape index (κ3) is 2.53. The van der Waals surface area contributed by atoms with Gasteiger partial charge in [0, 0.05) is 31.0 Å². The fraction of sp³-hybridized carbons (Fsp3) is 0.227. The highest BCUT2D eigenvalue weighted by molar-refractivity contribution is 6.16. The zero-order valence-electron chi connectivity index (χ0n) is 16.6. The predicted octanol–water partition coefficient (Wildman–Crippen LogP) is 2.92. The average molecular weight is 405 g/mol. The van der Waals surface area contributed by atoms with Gasteiger partial charge in [0.2, 0.25) is 5.96 Å². The summed E-state index contributed by atoms with van der Waals surface area (Å²) in [6, 6.07) is 14.9. The standard InChI is InChI=1S/C22H20FN5O2/c1-3-26-20(29)18-19(25(2)22(26)30)24-21-27(18)13-17(14-7-5-4-6-8-14)28(21)16-11-9-15(23)10-12-16/h4-13,18-19H,3H2,1-2H3. The van der Waals surface area contributed by atoms with Gasteiger partial charge in [0.05, 0.1) is 5.70 Å². The lowest BCUT2D eigenvalue weighted by molar-refractivity contribution is -0.136. The smallest absolute Gasteiger partial charge is 0.302 e. The second-order valence-corrected chi connectivity index (χ2v) is 7.36. The van der Waals surface area contributed by atoms with E-state index in [0.717, 1.165) is 16.9 Å². The van der Waals surface area contributed by atoms with Crippen molar-refractivity contribution in [2.45, 2.75) is 19.1 Å². The van der Waals surface area contributed by atoms with E-state index < -0.39 is 12.2 Å². The number of rotatable bonds is 3. The van der Waals surface area contributed by atoms with E-state index in [1.54, 1.807) is 26.1 Å². The third-order valence-corrected chi connectivity index (χ3v) is 5.68. The molecule has 2 aromatic carbocycles. The molecule has 1 fully saturated rings. The second kappa shape index (κ2) is 6.69. The van der Waals surface area contributed by atoms with Gasteiger partial charge < -0.3 is 4.90 Å². The van der Waals surface area contributed by atoms with E-state index in [1.165, 1.54) is 21.9 Å². The summed E-state index contributed by atoms with van der Waals surface area (Å²) in [4.78, 5) is 36.9. The molecule has 0 N–H and O–H groups in total. The maximum absolute atomic E-state index is 13.6. The van der Waals surface area contributed by atoms with Crippen LogP contribution in [0.3, 0.4) is 0 Å². The van der Waals surface area contributed by atoms with Gasteiger partial charge >= 0.3 is 6.03 Å². The first kappa shape index (κ1) is 18.4. The molecule has 3 aliphatic heterocycles. The summed E-state index contributed by atoms with van der Waals surface area (Å²) >= 11 is 0. The predicted molar refractivity (Wildman–Crippen MR) is 111 cm³/mol. The van der Waals surface area contributed by atoms with Crippen molar-refractivity contribution in [3.05, 3.63) is 72.2 Å². The van der Waals surface area contributed by atoms with Gasteiger partial charge in [-0.15, -0.1) is 0 Å². The van der Waals surface area contributed by atoms with Crippen LogP contribution < -0.4 is 4.90 Å². The van der Waals surface area contributed by atoms with Crippen LogP contribution in [0.4, 0.5) is 14.9 Å². The van der Waals surface area contributed by atoms with Crippen LogP contribution in [-0.4, -0.2) is 58.4 Å². The van der Waals surface area contributed by atoms with Crippen LogP contribution in [0.15, 0.2) is 65.8 Å². The van der Waals surface area contributed by atoms with Gasteiger partial charge in [0.15, 0.2) is 12.2 Å². The Morgan fingerprint density at radius 1 is 1.03 bits per heavy atom. The first-order chi connectivity index (χ1) is 14.5. The van der Waals surface area contributed by atoms with Crippen molar-refractivity contribution in [3.8, 4) is 0 Å². The molecule has 0 radical (unpaired) electrons. The molecule has 0 bridgehead atoms. The topological polar surface area (TPSA) is 59.5 Å². The number of hydrogen-bond donors (Lipinski definition) is 0. The molecule has 0 saturated carbocycles. The summed E-state index contributed by atoms with van der Waals surface area (Å²) < 4.78 is 13.6. The molecular formula is C22H20FN5O2. The number of hydrogen-bond acceptors (Lipinski definition) is 5. The number of fused-ring (bicyclic) bond motifs is 3. The van der Waals surface area contributed by atoms with Gasteiger partial charge in [0.1, 0.15) is 5.82 Å². The number of guanidine groups is 1. The summed E-state index contributed by atoms with van der Waals surface area (Å²) in [5, 5.41) is 0. The summed E-state index contributed by atoms with van der Waals surface area (Å²) in [5.74, 6) is -0.0587. The van der Waals surface area contributed by atoms with Crippen molar-refractivity contribution < 1.29 is 14.0 Å². The lowest BCUT2D eigenvalue weighted by Gasteiger charge is -2.39. The highest BCUT2D eigenvalue weighted by Gasteiger charge is 2.54. The second-order valence-electron chi connectivity index (χ2n) is 7.36. The molecular weight excluding hydrogens is 385 g/mol. The van der Waals surface area contributed by atoms with Crippen molar-refractivity contribution in [2.75, 3.05) is 18.5 Å². The van der Waals surface area contributed by atoms with Crippen LogP contribution >= 0.6 is 0 Å². The summed E-state index contributed by atoms with van der Waals surface area (Å²) in [6.07, 6.45) is 1.27. The molecule has 1 saturated heterocycles. The Morgan fingerprint density at radius 3 is 2.40 bits per heavy atom. The normalized spacial score (nSPS) is 22.9. The Hall–Kier alpha value is -3.68. The number of halogens is 1. The number of nitrogens with zero attached hydrogens (tertiary/aromatic N) is 5. The highest BCUT2D eigenvalue weighted by atomic mass is 19.1. The molecule has 3 heterocycles. The van der Waals surface area contributed by atoms with Crippen LogP contribution in [0.25, 0.3) is 5.70 Å². The number of aliphatic imine (C=N–C) groups is 1. The van der Waals surface area contributed by atoms with Crippen LogP contribution in [0.5, 0.6) is 0 Å². The van der Waals surface area contributed by atoms with E-state index in [0.29, 0.717) is 12.5 Å². The van der Waals surface area contributed by atoms with Gasteiger partial charge in [0.25, 0.3) is 5.91 Å². The summed E-state index contributed by atoms with van der Waals surface area (Å²) in [6.45, 7) is 2.08. The molecule has 2 unspecified atom stereocenters. The molecule has 152 valence electrons. The largest absolute Gasteiger partial charge is 0.328 e. The first-order valence-corrected chi connectivity index (χ1v) is 9.78. The van der Waals surface area contributed by atoms with E-state index >= 15 is 0 Å². The Kier molecular flexibility index (Phi) is 4.09. The first-order valence-electron chi connectivity index (χ1n) is 9.78. The molecule has 0 aromatic heterocycles. The zero-order chi connectivity index (χ0) is 21.0. The molecule has 3 amide bonds. The SMILES string of the molecule is CCN1C(=O)C2C(N=C3N(c4ccc(F)cc4)C(c4ccccc4)=CN32)N(C)C1=O. The van der Waals surface area contributed by atoms with E-state index in [2.05, 4.69) is 0 Å². The molecule has 3 aliphatic rings. The van der Waals surface area contributed by atoms with Crippen LogP contribution in [0.2, 0.25) is 0 Å².